The zero-order chi connectivity index (χ0) is 18.1. The van der Waals surface area contributed by atoms with Gasteiger partial charge >= 0.3 is 0 Å². The van der Waals surface area contributed by atoms with E-state index in [2.05, 4.69) is 77.1 Å². The van der Waals surface area contributed by atoms with Crippen LogP contribution >= 0.6 is 0 Å². The lowest BCUT2D eigenvalue weighted by Gasteiger charge is -2.17. The summed E-state index contributed by atoms with van der Waals surface area (Å²) < 4.78 is 0. The summed E-state index contributed by atoms with van der Waals surface area (Å²) in [5.74, 6) is 0. The maximum absolute atomic E-state index is 4.56. The highest BCUT2D eigenvalue weighted by molar-refractivity contribution is 6.88. The second-order valence-electron chi connectivity index (χ2n) is 7.50. The van der Waals surface area contributed by atoms with Crippen molar-refractivity contribution < 1.29 is 0 Å². The third-order valence-corrected chi connectivity index (χ3v) is 6.69. The van der Waals surface area contributed by atoms with Crippen molar-refractivity contribution >= 4 is 24.2 Å². The van der Waals surface area contributed by atoms with Gasteiger partial charge in [0.05, 0.1) is 25.0 Å². The highest BCUT2D eigenvalue weighted by Crippen LogP contribution is 2.28. The Morgan fingerprint density at radius 2 is 1.50 bits per heavy atom. The molecule has 128 valence electrons. The normalized spacial score (nSPS) is 11.7. The predicted octanol–water partition coefficient (Wildman–Crippen LogP) is 4.90. The number of aromatic nitrogens is 3. The number of benzene rings is 2. The topological polar surface area (TPSA) is 38.7 Å². The van der Waals surface area contributed by atoms with Crippen molar-refractivity contribution in [2.45, 2.75) is 19.6 Å². The van der Waals surface area contributed by atoms with Crippen molar-refractivity contribution in [3.8, 4) is 22.5 Å². The molecule has 2 aromatic carbocycles. The molecule has 0 fully saturated rings. The van der Waals surface area contributed by atoms with Crippen molar-refractivity contribution in [1.82, 2.24) is 15.0 Å². The van der Waals surface area contributed by atoms with Crippen molar-refractivity contribution in [2.75, 3.05) is 0 Å². The molecule has 0 N–H and O–H groups in total. The summed E-state index contributed by atoms with van der Waals surface area (Å²) in [7, 11) is -1.30. The molecule has 0 saturated heterocycles. The van der Waals surface area contributed by atoms with E-state index in [0.29, 0.717) is 0 Å². The summed E-state index contributed by atoms with van der Waals surface area (Å²) in [6.45, 7) is 7.09. The lowest BCUT2D eigenvalue weighted by Crippen LogP contribution is -2.37. The van der Waals surface area contributed by atoms with Gasteiger partial charge in [-0.15, -0.1) is 0 Å². The molecule has 3 nitrogen and oxygen atoms in total. The van der Waals surface area contributed by atoms with Crippen LogP contribution in [-0.2, 0) is 0 Å². The first-order chi connectivity index (χ1) is 12.5. The van der Waals surface area contributed by atoms with Gasteiger partial charge in [0.1, 0.15) is 6.33 Å². The van der Waals surface area contributed by atoms with Gasteiger partial charge in [0.2, 0.25) is 0 Å². The molecular formula is C22H21N3Si. The molecule has 0 amide bonds. The molecule has 0 spiro atoms. The van der Waals surface area contributed by atoms with Gasteiger partial charge in [-0.05, 0) is 24.3 Å². The molecule has 0 unspecified atom stereocenters. The third kappa shape index (κ3) is 3.16. The number of hydrogen-bond donors (Lipinski definition) is 0. The van der Waals surface area contributed by atoms with E-state index in [0.717, 1.165) is 33.4 Å². The van der Waals surface area contributed by atoms with Crippen LogP contribution in [0.3, 0.4) is 0 Å². The van der Waals surface area contributed by atoms with Crippen LogP contribution in [0, 0.1) is 0 Å². The van der Waals surface area contributed by atoms with Gasteiger partial charge in [-0.3, -0.25) is 4.98 Å². The molecule has 0 aliphatic heterocycles. The predicted molar refractivity (Wildman–Crippen MR) is 111 cm³/mol. The van der Waals surface area contributed by atoms with Crippen LogP contribution < -0.4 is 5.19 Å². The maximum Gasteiger partial charge on any atom is 0.116 e. The van der Waals surface area contributed by atoms with Crippen LogP contribution in [0.1, 0.15) is 0 Å². The van der Waals surface area contributed by atoms with E-state index in [9.17, 15) is 0 Å². The molecule has 0 bridgehead atoms. The fraction of sp³-hybridized carbons (Fsp3) is 0.136. The molecule has 0 saturated carbocycles. The van der Waals surface area contributed by atoms with Crippen LogP contribution in [0.4, 0.5) is 0 Å². The van der Waals surface area contributed by atoms with E-state index in [1.807, 2.05) is 24.4 Å². The molecule has 26 heavy (non-hydrogen) atoms. The van der Waals surface area contributed by atoms with E-state index in [-0.39, 0.29) is 0 Å². The van der Waals surface area contributed by atoms with E-state index in [1.165, 1.54) is 5.19 Å². The number of fused-ring (bicyclic) bond motifs is 1. The molecule has 0 aliphatic carbocycles. The number of hydrogen-bond acceptors (Lipinski definition) is 3. The quantitative estimate of drug-likeness (QED) is 0.490. The van der Waals surface area contributed by atoms with Crippen molar-refractivity contribution in [3.05, 3.63) is 73.2 Å². The molecule has 4 rings (SSSR count). The second kappa shape index (κ2) is 6.46. The lowest BCUT2D eigenvalue weighted by molar-refractivity contribution is 1.22. The van der Waals surface area contributed by atoms with Gasteiger partial charge in [0, 0.05) is 22.7 Å². The molecule has 0 radical (unpaired) electrons. The van der Waals surface area contributed by atoms with Crippen LogP contribution in [0.5, 0.6) is 0 Å². The average Bonchev–Trinajstić information content (AvgIpc) is 2.67. The first-order valence-electron chi connectivity index (χ1n) is 8.79. The number of nitrogens with zero attached hydrogens (tertiary/aromatic N) is 3. The molecule has 4 heteroatoms. The van der Waals surface area contributed by atoms with Crippen LogP contribution in [0.15, 0.2) is 73.2 Å². The lowest BCUT2D eigenvalue weighted by atomic mass is 10.0. The van der Waals surface area contributed by atoms with E-state index >= 15 is 0 Å². The molecule has 2 aromatic heterocycles. The second-order valence-corrected chi connectivity index (χ2v) is 12.6. The number of rotatable bonds is 3. The Balaban J connectivity index is 1.79. The fourth-order valence-corrected chi connectivity index (χ4v) is 4.27. The van der Waals surface area contributed by atoms with E-state index in [4.69, 9.17) is 0 Å². The molecule has 4 aromatic rings. The summed E-state index contributed by atoms with van der Waals surface area (Å²) in [5.41, 5.74) is 5.06. The number of pyridine rings is 1. The molecule has 0 aliphatic rings. The summed E-state index contributed by atoms with van der Waals surface area (Å²) in [5, 5.41) is 2.52. The zero-order valence-electron chi connectivity index (χ0n) is 15.3. The van der Waals surface area contributed by atoms with Gasteiger partial charge in [0.25, 0.3) is 0 Å². The Morgan fingerprint density at radius 1 is 0.731 bits per heavy atom. The first kappa shape index (κ1) is 16.6. The Bertz CT molecular complexity index is 1050. The summed E-state index contributed by atoms with van der Waals surface area (Å²) in [4.78, 5) is 13.5. The average molecular weight is 356 g/mol. The van der Waals surface area contributed by atoms with Gasteiger partial charge in [-0.2, -0.15) is 0 Å². The van der Waals surface area contributed by atoms with E-state index < -0.39 is 8.07 Å². The minimum Gasteiger partial charge on any atom is -0.256 e. The molecule has 0 atom stereocenters. The van der Waals surface area contributed by atoms with Crippen LogP contribution in [0.2, 0.25) is 19.6 Å². The highest BCUT2D eigenvalue weighted by Gasteiger charge is 2.16. The fourth-order valence-electron chi connectivity index (χ4n) is 3.11. The SMILES string of the molecule is C[Si](C)(C)c1ccc(-c2ncnc3cc(-c4ccccn4)ccc23)cc1. The first-order valence-corrected chi connectivity index (χ1v) is 12.3. The largest absolute Gasteiger partial charge is 0.256 e. The molecular weight excluding hydrogens is 334 g/mol. The maximum atomic E-state index is 4.56. The van der Waals surface area contributed by atoms with Gasteiger partial charge in [-0.1, -0.05) is 61.2 Å². The minimum atomic E-state index is -1.30. The highest BCUT2D eigenvalue weighted by atomic mass is 28.3. The Hall–Kier alpha value is -2.85. The van der Waals surface area contributed by atoms with Crippen LogP contribution in [-0.4, -0.2) is 23.0 Å². The monoisotopic (exact) mass is 355 g/mol. The van der Waals surface area contributed by atoms with Gasteiger partial charge < -0.3 is 0 Å². The Labute approximate surface area is 154 Å². The van der Waals surface area contributed by atoms with Crippen molar-refractivity contribution in [2.24, 2.45) is 0 Å². The van der Waals surface area contributed by atoms with Crippen molar-refractivity contribution in [1.29, 1.82) is 0 Å². The van der Waals surface area contributed by atoms with E-state index in [1.54, 1.807) is 6.33 Å². The summed E-state index contributed by atoms with van der Waals surface area (Å²) in [6, 6.07) is 21.1. The Morgan fingerprint density at radius 3 is 2.19 bits per heavy atom. The molecule has 2 heterocycles. The minimum absolute atomic E-state index is 0.937. The summed E-state index contributed by atoms with van der Waals surface area (Å²) >= 11 is 0. The van der Waals surface area contributed by atoms with Crippen LogP contribution in [0.25, 0.3) is 33.4 Å². The standard InChI is InChI=1S/C22H21N3Si/c1-26(2,3)18-10-7-16(8-11-18)22-19-12-9-17(14-21(19)24-15-25-22)20-6-4-5-13-23-20/h4-15H,1-3H3. The zero-order valence-corrected chi connectivity index (χ0v) is 16.3. The van der Waals surface area contributed by atoms with Gasteiger partial charge in [0.15, 0.2) is 0 Å². The Kier molecular flexibility index (Phi) is 4.13. The smallest absolute Gasteiger partial charge is 0.116 e. The summed E-state index contributed by atoms with van der Waals surface area (Å²) in [6.07, 6.45) is 3.46. The third-order valence-electron chi connectivity index (χ3n) is 4.62. The van der Waals surface area contributed by atoms with Crippen molar-refractivity contribution in [3.63, 3.8) is 0 Å². The van der Waals surface area contributed by atoms with Gasteiger partial charge in [-0.25, -0.2) is 9.97 Å².